The number of aliphatic hydroxyl groups is 23. The van der Waals surface area contributed by atoms with Crippen LogP contribution in [0.1, 0.15) is 5.56 Å². The van der Waals surface area contributed by atoms with E-state index in [0.717, 1.165) is 11.8 Å². The summed E-state index contributed by atoms with van der Waals surface area (Å²) in [5.41, 5.74) is 0.350. The topological polar surface area (TPSA) is 653 Å². The average Bonchev–Trinajstić information content (AvgIpc) is 0.794. The summed E-state index contributed by atoms with van der Waals surface area (Å²) in [6.07, 6.45) is -82.6. The molecule has 30 aliphatic heterocycles. The van der Waals surface area contributed by atoms with Gasteiger partial charge in [0.2, 0.25) is 0 Å². The van der Waals surface area contributed by atoms with E-state index in [9.17, 15) is 127 Å². The van der Waals surface area contributed by atoms with Gasteiger partial charge in [0.05, 0.1) is 52.4 Å². The van der Waals surface area contributed by atoms with E-state index in [1.54, 1.807) is 0 Å². The molecule has 0 aromatic heterocycles. The van der Waals surface area contributed by atoms with Gasteiger partial charge in [-0.1, -0.05) is 12.1 Å². The second-order valence-corrected chi connectivity index (χ2v) is 25.9. The number of carbonyl (C=O) groups excluding carboxylic acids is 1. The second kappa shape index (κ2) is 35.5. The van der Waals surface area contributed by atoms with Crippen molar-refractivity contribution in [1.29, 1.82) is 0 Å². The minimum Gasteiger partial charge on any atom is -0.550 e. The van der Waals surface area contributed by atoms with Crippen molar-refractivity contribution >= 4 is 17.7 Å². The Hall–Kier alpha value is -1.52. The molecule has 1 aromatic rings. The molecule has 99 heavy (non-hydrogen) atoms. The molecule has 562 valence electrons. The quantitative estimate of drug-likeness (QED) is 0.0682. The zero-order valence-corrected chi connectivity index (χ0v) is 55.1. The van der Waals surface area contributed by atoms with Crippen LogP contribution in [0.15, 0.2) is 29.2 Å². The van der Waals surface area contributed by atoms with Crippen LogP contribution in [-0.4, -0.2) is 421 Å². The first kappa shape index (κ1) is 81.6. The molecule has 30 fully saturated rings. The fourth-order valence-electron chi connectivity index (χ4n) is 12.9. The van der Waals surface area contributed by atoms with Crippen molar-refractivity contribution in [3.63, 3.8) is 0 Å². The molecular formula is C56H85NaO41S. The predicted octanol–water partition coefficient (Wildman–Crippen LogP) is -19.3. The first-order valence-corrected chi connectivity index (χ1v) is 32.2. The molecular weight excluding hydrogens is 1380 g/mol. The van der Waals surface area contributed by atoms with E-state index in [1.807, 2.05) is 0 Å². The van der Waals surface area contributed by atoms with Crippen molar-refractivity contribution in [2.45, 2.75) is 257 Å². The predicted molar refractivity (Wildman–Crippen MR) is 300 cm³/mol. The largest absolute Gasteiger partial charge is 1.00 e. The van der Waals surface area contributed by atoms with Crippen molar-refractivity contribution in [3.05, 3.63) is 29.8 Å². The van der Waals surface area contributed by atoms with Crippen molar-refractivity contribution in [2.24, 2.45) is 0 Å². The van der Waals surface area contributed by atoms with Crippen LogP contribution in [0.3, 0.4) is 0 Å². The molecule has 0 radical (unpaired) electrons. The molecule has 41 nitrogen and oxygen atoms in total. The van der Waals surface area contributed by atoms with E-state index < -0.39 is 304 Å². The third-order valence-corrected chi connectivity index (χ3v) is 19.5. The zero-order valence-electron chi connectivity index (χ0n) is 52.3. The summed E-state index contributed by atoms with van der Waals surface area (Å²) in [6.45, 7) is -7.63. The van der Waals surface area contributed by atoms with Crippen LogP contribution in [0, 0.1) is 0 Å². The van der Waals surface area contributed by atoms with E-state index in [4.69, 9.17) is 75.8 Å². The summed E-state index contributed by atoms with van der Waals surface area (Å²) < 4.78 is 92.9. The Morgan fingerprint density at radius 2 is 0.455 bits per heavy atom. The number of carbonyl (C=O) groups is 1. The number of thioether (sulfide) groups is 1. The molecule has 1 aromatic carbocycles. The monoisotopic (exact) mass is 1470 g/mol. The molecule has 30 aliphatic rings. The third-order valence-electron chi connectivity index (χ3n) is 18.4. The van der Waals surface area contributed by atoms with Gasteiger partial charge in [-0.05, 0) is 17.7 Å². The van der Waals surface area contributed by atoms with Crippen molar-refractivity contribution in [2.75, 3.05) is 52.0 Å². The van der Waals surface area contributed by atoms with Gasteiger partial charge in [-0.15, -0.1) is 11.8 Å². The molecule has 0 saturated carbocycles. The van der Waals surface area contributed by atoms with Gasteiger partial charge >= 0.3 is 29.6 Å². The Balaban J connectivity index is 0.0000114. The van der Waals surface area contributed by atoms with Crippen LogP contribution < -0.4 is 34.7 Å². The van der Waals surface area contributed by atoms with Crippen LogP contribution >= 0.6 is 11.8 Å². The first-order chi connectivity index (χ1) is 46.7. The SMILES string of the molecule is O=C([O-])Cc1ccc(SC[C@H]2O[C@@H]3O[C@H]4[C@H](O)[C@@H](O)[C@@H](O[C@H]5[C@H](O)[C@@H](O)[C@@H](O[C@H]6[C@H](O)[C@@H](O)[C@@H](O[C@H]7[C@H](O)[C@@H](O)[C@@H](O[C@H]8[C@@H](O)[C@H](O)[C@@H](O[C@H]9[C@H](O)[C@@H](O)[C@@H](O[C@H]%10[C@@H](O)[C@@H](O)[C@@H](O[C@H]2[C@H](O)[C@H]3O)O[C@@H]%10CO)O[C@@H]9CO)O[C@@H]8CO)O[C@@H]7CO)O[C@@H]6CO)O[C@@H]5CO)O[C@@H]4CO)cc1.[Na+]. The number of benzene rings is 1. The second-order valence-electron chi connectivity index (χ2n) is 24.8. The molecule has 0 spiro atoms. The summed E-state index contributed by atoms with van der Waals surface area (Å²) in [6, 6.07) is 5.94. The standard InChI is InChI=1S/C56H86O41S.Na/c57-6-16-41-25(66)33(74)49(82-16)91-42-17(7-58)84-51(35(76)27(42)68)93-44-19(9-60)86-53(37(78)29(44)70)95-46-21(11-62)88-55(39(80)31(46)72)97-48-23(13-98-15-3-1-14(2-4-15)5-24(64)65)89-56(40(81)32(48)73)96-47-22(12-63)87-54(38(79)30(47)71)94-45-20(10-61)85-52(36(77)28(45)69)92-43-18(8-59)83-50(90-41)34(75)26(43)67;/h1-4,16-23,25-63,66-81H,5-13H2,(H,64,65);/q;+1/p-1/t16-,17-,18-,19-,20-,21-,22-,23-,25-,26-,27+,28-,29-,30-,31+,32-,33-,34-,35+,36-,37-,38-,39-,40-,41-,42-,43-,44-,45-,46-,47-,48-,49-,50-,51-,52-,53-,54-,55-,56-;/m1./s1. The summed E-state index contributed by atoms with van der Waals surface area (Å²) in [7, 11) is 0. The normalized spacial score (nSPS) is 50.3. The average molecular weight is 1470 g/mol. The molecule has 40 atom stereocenters. The van der Waals surface area contributed by atoms with Crippen LogP contribution in [-0.2, 0) is 87.0 Å². The number of aliphatic hydroxyl groups excluding tert-OH is 23. The van der Waals surface area contributed by atoms with Gasteiger partial charge in [0.15, 0.2) is 50.3 Å². The summed E-state index contributed by atoms with van der Waals surface area (Å²) in [5.74, 6) is -1.67. The van der Waals surface area contributed by atoms with Gasteiger partial charge in [0.1, 0.15) is 189 Å². The van der Waals surface area contributed by atoms with E-state index in [-0.39, 0.29) is 35.3 Å². The zero-order chi connectivity index (χ0) is 71.0. The van der Waals surface area contributed by atoms with Crippen molar-refractivity contribution in [1.82, 2.24) is 0 Å². The van der Waals surface area contributed by atoms with Crippen LogP contribution in [0.4, 0.5) is 0 Å². The van der Waals surface area contributed by atoms with Gasteiger partial charge in [-0.2, -0.15) is 0 Å². The van der Waals surface area contributed by atoms with E-state index in [1.165, 1.54) is 24.3 Å². The number of ether oxygens (including phenoxy) is 16. The molecule has 43 heteroatoms. The number of aliphatic carboxylic acids is 1. The molecule has 0 unspecified atom stereocenters. The summed E-state index contributed by atoms with van der Waals surface area (Å²) >= 11 is 0.984. The fraction of sp³-hybridized carbons (Fsp3) is 0.875. The Bertz CT molecular complexity index is 2640. The Morgan fingerprint density at radius 1 is 0.283 bits per heavy atom. The maximum atomic E-state index is 11.9. The fourth-order valence-corrected chi connectivity index (χ4v) is 13.9. The molecule has 31 rings (SSSR count). The smallest absolute Gasteiger partial charge is 0.550 e. The molecule has 23 N–H and O–H groups in total. The Morgan fingerprint density at radius 3 is 0.626 bits per heavy atom. The van der Waals surface area contributed by atoms with E-state index >= 15 is 0 Å². The van der Waals surface area contributed by atoms with Gasteiger partial charge in [0, 0.05) is 23.0 Å². The Kier molecular flexibility index (Phi) is 29.2. The Labute approximate surface area is 586 Å². The third kappa shape index (κ3) is 17.2. The van der Waals surface area contributed by atoms with Gasteiger partial charge < -0.3 is 203 Å². The number of hydrogen-bond donors (Lipinski definition) is 23. The van der Waals surface area contributed by atoms with Crippen molar-refractivity contribution < 1.29 is 233 Å². The molecule has 0 aliphatic carbocycles. The number of carboxylic acid groups (broad SMARTS) is 1. The van der Waals surface area contributed by atoms with Crippen LogP contribution in [0.5, 0.6) is 0 Å². The number of rotatable bonds is 12. The summed E-state index contributed by atoms with van der Waals surface area (Å²) in [4.78, 5) is 11.7. The van der Waals surface area contributed by atoms with Crippen LogP contribution in [0.25, 0.3) is 0 Å². The molecule has 16 bridgehead atoms. The molecule has 30 saturated heterocycles. The van der Waals surface area contributed by atoms with E-state index in [2.05, 4.69) is 0 Å². The van der Waals surface area contributed by atoms with Crippen molar-refractivity contribution in [3.8, 4) is 0 Å². The maximum absolute atomic E-state index is 11.9. The minimum atomic E-state index is -2.27. The van der Waals surface area contributed by atoms with E-state index in [0.29, 0.717) is 10.5 Å². The summed E-state index contributed by atoms with van der Waals surface area (Å²) in [5, 5.41) is 270. The number of carboxylic acids is 1. The first-order valence-electron chi connectivity index (χ1n) is 31.2. The minimum absolute atomic E-state index is 0. The number of hydrogen-bond acceptors (Lipinski definition) is 42. The van der Waals surface area contributed by atoms with Crippen LogP contribution in [0.2, 0.25) is 0 Å². The molecule has 30 heterocycles. The van der Waals surface area contributed by atoms with Gasteiger partial charge in [0.25, 0.3) is 0 Å². The van der Waals surface area contributed by atoms with Gasteiger partial charge in [-0.25, -0.2) is 0 Å². The maximum Gasteiger partial charge on any atom is 1.00 e. The van der Waals surface area contributed by atoms with Gasteiger partial charge in [-0.3, -0.25) is 0 Å². The molecule has 0 amide bonds.